The third-order valence-corrected chi connectivity index (χ3v) is 4.75. The van der Waals surface area contributed by atoms with E-state index in [1.165, 1.54) is 24.8 Å². The van der Waals surface area contributed by atoms with Crippen LogP contribution in [0.25, 0.3) is 6.08 Å². The molecule has 2 rings (SSSR count). The van der Waals surface area contributed by atoms with Gasteiger partial charge in [0.05, 0.1) is 13.7 Å². The Morgan fingerprint density at radius 1 is 1.15 bits per heavy atom. The molecule has 0 fully saturated rings. The van der Waals surface area contributed by atoms with Crippen LogP contribution in [-0.2, 0) is 16.0 Å². The lowest BCUT2D eigenvalue weighted by atomic mass is 10.1. The van der Waals surface area contributed by atoms with Crippen molar-refractivity contribution >= 4 is 18.0 Å². The number of rotatable bonds is 13. The van der Waals surface area contributed by atoms with Gasteiger partial charge in [-0.1, -0.05) is 37.6 Å². The maximum atomic E-state index is 12.3. The normalized spacial score (nSPS) is 10.7. The molecule has 0 aliphatic carbocycles. The minimum absolute atomic E-state index is 0.0614. The number of carbonyl (C=O) groups excluding carboxylic acids is 2. The van der Waals surface area contributed by atoms with Crippen molar-refractivity contribution in [2.24, 2.45) is 0 Å². The summed E-state index contributed by atoms with van der Waals surface area (Å²) < 4.78 is 16.4. The standard InChI is InChI=1S/C27H30N2O5/c1-4-7-20-9-12-23(13-10-20)33-16-6-8-26(30)34-24-14-11-21(18-25(24)32-3)17-22(19-28)27(31)29-15-5-2/h5,9-14,17-18H,2,4,6-8,15-16H2,1,3H3,(H,29,31)/b22-17-. The first kappa shape index (κ1) is 26.2. The van der Waals surface area contributed by atoms with E-state index in [2.05, 4.69) is 18.8 Å². The van der Waals surface area contributed by atoms with Crippen molar-refractivity contribution in [3.05, 3.63) is 71.8 Å². The summed E-state index contributed by atoms with van der Waals surface area (Å²) >= 11 is 0. The number of carbonyl (C=O) groups is 2. The molecule has 0 unspecified atom stereocenters. The predicted molar refractivity (Wildman–Crippen MR) is 131 cm³/mol. The van der Waals surface area contributed by atoms with Gasteiger partial charge in [-0.2, -0.15) is 5.26 Å². The van der Waals surface area contributed by atoms with Crippen LogP contribution in [0.15, 0.2) is 60.7 Å². The highest BCUT2D eigenvalue weighted by Crippen LogP contribution is 2.29. The lowest BCUT2D eigenvalue weighted by molar-refractivity contribution is -0.134. The van der Waals surface area contributed by atoms with Gasteiger partial charge in [0, 0.05) is 13.0 Å². The second kappa shape index (κ2) is 14.2. The molecule has 0 saturated carbocycles. The monoisotopic (exact) mass is 462 g/mol. The van der Waals surface area contributed by atoms with E-state index in [9.17, 15) is 14.9 Å². The fraction of sp³-hybridized carbons (Fsp3) is 0.296. The van der Waals surface area contributed by atoms with E-state index >= 15 is 0 Å². The number of amides is 1. The second-order valence-electron chi connectivity index (χ2n) is 7.40. The molecule has 0 aliphatic heterocycles. The molecule has 2 aromatic carbocycles. The molecule has 0 atom stereocenters. The Labute approximate surface area is 200 Å². The number of hydrogen-bond acceptors (Lipinski definition) is 6. The first-order chi connectivity index (χ1) is 16.5. The zero-order valence-electron chi connectivity index (χ0n) is 19.6. The summed E-state index contributed by atoms with van der Waals surface area (Å²) in [6.07, 6.45) is 5.78. The van der Waals surface area contributed by atoms with Crippen LogP contribution < -0.4 is 19.5 Å². The zero-order valence-corrected chi connectivity index (χ0v) is 19.6. The van der Waals surface area contributed by atoms with Crippen LogP contribution >= 0.6 is 0 Å². The number of nitrogens with zero attached hydrogens (tertiary/aromatic N) is 1. The Bertz CT molecular complexity index is 1050. The summed E-state index contributed by atoms with van der Waals surface area (Å²) in [5, 5.41) is 11.8. The van der Waals surface area contributed by atoms with E-state index in [4.69, 9.17) is 14.2 Å². The molecule has 0 aliphatic rings. The van der Waals surface area contributed by atoms with Crippen LogP contribution in [0.3, 0.4) is 0 Å². The Morgan fingerprint density at radius 3 is 2.56 bits per heavy atom. The first-order valence-electron chi connectivity index (χ1n) is 11.1. The summed E-state index contributed by atoms with van der Waals surface area (Å²) in [6, 6.07) is 14.6. The van der Waals surface area contributed by atoms with Crippen LogP contribution in [-0.4, -0.2) is 32.1 Å². The lowest BCUT2D eigenvalue weighted by Gasteiger charge is -2.11. The fourth-order valence-corrected chi connectivity index (χ4v) is 3.05. The predicted octanol–water partition coefficient (Wildman–Crippen LogP) is 4.62. The number of aryl methyl sites for hydroxylation is 1. The Balaban J connectivity index is 1.90. The highest BCUT2D eigenvalue weighted by atomic mass is 16.6. The summed E-state index contributed by atoms with van der Waals surface area (Å²) in [5.74, 6) is 0.426. The topological polar surface area (TPSA) is 97.7 Å². The van der Waals surface area contributed by atoms with Crippen molar-refractivity contribution in [1.29, 1.82) is 5.26 Å². The molecule has 178 valence electrons. The van der Waals surface area contributed by atoms with Crippen LogP contribution in [0.4, 0.5) is 0 Å². The SMILES string of the molecule is C=CCNC(=O)/C(C#N)=C\c1ccc(OC(=O)CCCOc2ccc(CCC)cc2)c(OC)c1. The van der Waals surface area contributed by atoms with Crippen molar-refractivity contribution in [3.8, 4) is 23.3 Å². The van der Waals surface area contributed by atoms with Gasteiger partial charge in [-0.3, -0.25) is 9.59 Å². The molecule has 34 heavy (non-hydrogen) atoms. The molecular weight excluding hydrogens is 432 g/mol. The smallest absolute Gasteiger partial charge is 0.311 e. The molecule has 1 amide bonds. The van der Waals surface area contributed by atoms with E-state index in [0.29, 0.717) is 24.3 Å². The molecule has 0 aromatic heterocycles. The van der Waals surface area contributed by atoms with Crippen LogP contribution in [0, 0.1) is 11.3 Å². The quantitative estimate of drug-likeness (QED) is 0.116. The average molecular weight is 463 g/mol. The average Bonchev–Trinajstić information content (AvgIpc) is 2.85. The van der Waals surface area contributed by atoms with Gasteiger partial charge in [0.25, 0.3) is 5.91 Å². The van der Waals surface area contributed by atoms with Crippen molar-refractivity contribution in [1.82, 2.24) is 5.32 Å². The number of methoxy groups -OCH3 is 1. The number of esters is 1. The van der Waals surface area contributed by atoms with Gasteiger partial charge in [-0.05, 0) is 54.3 Å². The molecule has 0 radical (unpaired) electrons. The molecular formula is C27H30N2O5. The van der Waals surface area contributed by atoms with Gasteiger partial charge in [-0.15, -0.1) is 6.58 Å². The number of ether oxygens (including phenoxy) is 3. The van der Waals surface area contributed by atoms with Crippen molar-refractivity contribution in [3.63, 3.8) is 0 Å². The maximum Gasteiger partial charge on any atom is 0.311 e. The highest BCUT2D eigenvalue weighted by Gasteiger charge is 2.13. The van der Waals surface area contributed by atoms with Gasteiger partial charge >= 0.3 is 5.97 Å². The second-order valence-corrected chi connectivity index (χ2v) is 7.40. The number of hydrogen-bond donors (Lipinski definition) is 1. The lowest BCUT2D eigenvalue weighted by Crippen LogP contribution is -2.24. The van der Waals surface area contributed by atoms with E-state index in [1.54, 1.807) is 18.2 Å². The van der Waals surface area contributed by atoms with Crippen LogP contribution in [0.1, 0.15) is 37.3 Å². The number of nitriles is 1. The fourth-order valence-electron chi connectivity index (χ4n) is 3.05. The molecule has 2 aromatic rings. The van der Waals surface area contributed by atoms with Gasteiger partial charge < -0.3 is 19.5 Å². The van der Waals surface area contributed by atoms with Crippen molar-refractivity contribution < 1.29 is 23.8 Å². The molecule has 7 nitrogen and oxygen atoms in total. The summed E-state index contributed by atoms with van der Waals surface area (Å²) in [6.45, 7) is 6.32. The number of nitrogens with one attached hydrogen (secondary N) is 1. The summed E-state index contributed by atoms with van der Waals surface area (Å²) in [5.41, 5.74) is 1.77. The molecule has 0 spiro atoms. The zero-order chi connectivity index (χ0) is 24.8. The van der Waals surface area contributed by atoms with Gasteiger partial charge in [0.15, 0.2) is 11.5 Å². The largest absolute Gasteiger partial charge is 0.494 e. The summed E-state index contributed by atoms with van der Waals surface area (Å²) in [4.78, 5) is 24.3. The van der Waals surface area contributed by atoms with E-state index in [1.807, 2.05) is 30.3 Å². The Hall–Kier alpha value is -4.05. The minimum Gasteiger partial charge on any atom is -0.494 e. The van der Waals surface area contributed by atoms with Crippen molar-refractivity contribution in [2.75, 3.05) is 20.3 Å². The number of benzene rings is 2. The van der Waals surface area contributed by atoms with Gasteiger partial charge in [-0.25, -0.2) is 0 Å². The molecule has 1 N–H and O–H groups in total. The minimum atomic E-state index is -0.504. The third-order valence-electron chi connectivity index (χ3n) is 4.75. The Kier molecular flexibility index (Phi) is 10.9. The van der Waals surface area contributed by atoms with Gasteiger partial charge in [0.2, 0.25) is 0 Å². The van der Waals surface area contributed by atoms with Crippen LogP contribution in [0.2, 0.25) is 0 Å². The Morgan fingerprint density at radius 2 is 1.91 bits per heavy atom. The van der Waals surface area contributed by atoms with Gasteiger partial charge in [0.1, 0.15) is 17.4 Å². The highest BCUT2D eigenvalue weighted by molar-refractivity contribution is 6.01. The molecule has 0 heterocycles. The van der Waals surface area contributed by atoms with E-state index < -0.39 is 11.9 Å². The summed E-state index contributed by atoms with van der Waals surface area (Å²) in [7, 11) is 1.45. The van der Waals surface area contributed by atoms with Crippen LogP contribution in [0.5, 0.6) is 17.2 Å². The van der Waals surface area contributed by atoms with E-state index in [-0.39, 0.29) is 24.3 Å². The maximum absolute atomic E-state index is 12.3. The molecule has 7 heteroatoms. The van der Waals surface area contributed by atoms with E-state index in [0.717, 1.165) is 18.6 Å². The first-order valence-corrected chi connectivity index (χ1v) is 11.1. The molecule has 0 saturated heterocycles. The third kappa shape index (κ3) is 8.47. The molecule has 0 bridgehead atoms. The van der Waals surface area contributed by atoms with Crippen molar-refractivity contribution in [2.45, 2.75) is 32.6 Å².